The Morgan fingerprint density at radius 1 is 1.23 bits per heavy atom. The summed E-state index contributed by atoms with van der Waals surface area (Å²) in [6.45, 7) is 10.2. The minimum atomic E-state index is -3.81. The summed E-state index contributed by atoms with van der Waals surface area (Å²) in [4.78, 5) is 1.87. The topological polar surface area (TPSA) is 88.1 Å². The standard InChI is InChI=1S/C22H30N2O5S/c1-7-28-20-14(2)10-17(11-15(20)3)30(26,27)23-16-8-9-19-18(12-16)24(6)21(25)22(4,5)13-29-19/h8-12,21,23,25H,7,13H2,1-6H3. The lowest BCUT2D eigenvalue weighted by Gasteiger charge is -2.34. The number of hydrogen-bond acceptors (Lipinski definition) is 6. The second kappa shape index (κ2) is 8.00. The van der Waals surface area contributed by atoms with Crippen LogP contribution in [0.5, 0.6) is 11.5 Å². The predicted molar refractivity (Wildman–Crippen MR) is 118 cm³/mol. The molecule has 0 amide bonds. The first kappa shape index (κ1) is 22.2. The monoisotopic (exact) mass is 434 g/mol. The van der Waals surface area contributed by atoms with Gasteiger partial charge in [0.15, 0.2) is 0 Å². The number of aliphatic hydroxyl groups is 1. The Morgan fingerprint density at radius 3 is 2.47 bits per heavy atom. The molecular weight excluding hydrogens is 404 g/mol. The van der Waals surface area contributed by atoms with Crippen LogP contribution in [0.4, 0.5) is 11.4 Å². The number of ether oxygens (including phenoxy) is 2. The highest BCUT2D eigenvalue weighted by Crippen LogP contribution is 2.39. The maximum absolute atomic E-state index is 13.0. The number of rotatable bonds is 5. The summed E-state index contributed by atoms with van der Waals surface area (Å²) < 4.78 is 40.1. The Balaban J connectivity index is 1.93. The first-order valence-corrected chi connectivity index (χ1v) is 11.4. The molecule has 2 aromatic rings. The molecule has 1 aliphatic rings. The average Bonchev–Trinajstić information content (AvgIpc) is 2.75. The summed E-state index contributed by atoms with van der Waals surface area (Å²) >= 11 is 0. The third kappa shape index (κ3) is 4.20. The van der Waals surface area contributed by atoms with Gasteiger partial charge in [-0.3, -0.25) is 4.72 Å². The van der Waals surface area contributed by atoms with Crippen molar-refractivity contribution >= 4 is 21.4 Å². The maximum Gasteiger partial charge on any atom is 0.261 e. The van der Waals surface area contributed by atoms with E-state index in [0.29, 0.717) is 36.1 Å². The average molecular weight is 435 g/mol. The molecule has 0 aromatic heterocycles. The predicted octanol–water partition coefficient (Wildman–Crippen LogP) is 3.68. The van der Waals surface area contributed by atoms with Crippen LogP contribution in [0.3, 0.4) is 0 Å². The van der Waals surface area contributed by atoms with Crippen LogP contribution >= 0.6 is 0 Å². The third-order valence-corrected chi connectivity index (χ3v) is 6.65. The van der Waals surface area contributed by atoms with Gasteiger partial charge in [0.25, 0.3) is 10.0 Å². The van der Waals surface area contributed by atoms with E-state index in [1.807, 2.05) is 34.6 Å². The van der Waals surface area contributed by atoms with E-state index in [2.05, 4.69) is 4.72 Å². The second-order valence-corrected chi connectivity index (χ2v) is 10.1. The molecule has 7 nitrogen and oxygen atoms in total. The number of hydrogen-bond donors (Lipinski definition) is 2. The van der Waals surface area contributed by atoms with Crippen molar-refractivity contribution in [1.29, 1.82) is 0 Å². The SMILES string of the molecule is CCOc1c(C)cc(S(=O)(=O)Nc2ccc3c(c2)N(C)C(O)C(C)(C)CO3)cc1C. The largest absolute Gasteiger partial charge is 0.493 e. The second-order valence-electron chi connectivity index (χ2n) is 8.37. The van der Waals surface area contributed by atoms with Crippen molar-refractivity contribution in [2.45, 2.75) is 45.7 Å². The Bertz CT molecular complexity index is 1030. The summed E-state index contributed by atoms with van der Waals surface area (Å²) in [7, 11) is -2.05. The molecule has 0 spiro atoms. The lowest BCUT2D eigenvalue weighted by molar-refractivity contribution is 0.0249. The van der Waals surface area contributed by atoms with Crippen molar-refractivity contribution < 1.29 is 23.0 Å². The number of benzene rings is 2. The van der Waals surface area contributed by atoms with Crippen molar-refractivity contribution in [3.63, 3.8) is 0 Å². The van der Waals surface area contributed by atoms with E-state index in [1.54, 1.807) is 42.3 Å². The Labute approximate surface area is 178 Å². The highest BCUT2D eigenvalue weighted by molar-refractivity contribution is 7.92. The van der Waals surface area contributed by atoms with Gasteiger partial charge in [0.1, 0.15) is 17.7 Å². The fraction of sp³-hybridized carbons (Fsp3) is 0.455. The zero-order valence-corrected chi connectivity index (χ0v) is 19.1. The van der Waals surface area contributed by atoms with Crippen LogP contribution in [-0.4, -0.2) is 40.0 Å². The van der Waals surface area contributed by atoms with Gasteiger partial charge in [0.05, 0.1) is 29.5 Å². The van der Waals surface area contributed by atoms with E-state index in [1.165, 1.54) is 0 Å². The van der Waals surface area contributed by atoms with Crippen molar-refractivity contribution in [2.75, 3.05) is 29.9 Å². The van der Waals surface area contributed by atoms with Crippen LogP contribution in [0.25, 0.3) is 0 Å². The summed E-state index contributed by atoms with van der Waals surface area (Å²) in [5, 5.41) is 10.7. The Kier molecular flexibility index (Phi) is 5.93. The molecule has 0 aliphatic carbocycles. The zero-order chi connectivity index (χ0) is 22.3. The molecule has 8 heteroatoms. The minimum Gasteiger partial charge on any atom is -0.493 e. The molecule has 1 aliphatic heterocycles. The van der Waals surface area contributed by atoms with E-state index in [9.17, 15) is 13.5 Å². The van der Waals surface area contributed by atoms with Crippen LogP contribution in [0.2, 0.25) is 0 Å². The summed E-state index contributed by atoms with van der Waals surface area (Å²) in [5.41, 5.74) is 2.05. The van der Waals surface area contributed by atoms with Gasteiger partial charge in [-0.15, -0.1) is 0 Å². The lowest BCUT2D eigenvalue weighted by atomic mass is 9.92. The number of nitrogens with zero attached hydrogens (tertiary/aromatic N) is 1. The third-order valence-electron chi connectivity index (χ3n) is 5.29. The van der Waals surface area contributed by atoms with Gasteiger partial charge >= 0.3 is 0 Å². The fourth-order valence-corrected chi connectivity index (χ4v) is 4.84. The van der Waals surface area contributed by atoms with Gasteiger partial charge in [0.2, 0.25) is 0 Å². The van der Waals surface area contributed by atoms with Crippen LogP contribution in [0.15, 0.2) is 35.2 Å². The van der Waals surface area contributed by atoms with Gasteiger partial charge in [-0.05, 0) is 62.2 Å². The molecule has 0 radical (unpaired) electrons. The van der Waals surface area contributed by atoms with Crippen LogP contribution in [-0.2, 0) is 10.0 Å². The van der Waals surface area contributed by atoms with E-state index in [-0.39, 0.29) is 4.90 Å². The molecule has 1 unspecified atom stereocenters. The molecule has 0 saturated carbocycles. The molecular formula is C22H30N2O5S. The quantitative estimate of drug-likeness (QED) is 0.746. The molecule has 0 fully saturated rings. The molecule has 0 bridgehead atoms. The number of aliphatic hydroxyl groups excluding tert-OH is 1. The molecule has 0 saturated heterocycles. The number of fused-ring (bicyclic) bond motifs is 1. The number of anilines is 2. The summed E-state index contributed by atoms with van der Waals surface area (Å²) in [6, 6.07) is 8.25. The normalized spacial score (nSPS) is 18.2. The lowest BCUT2D eigenvalue weighted by Crippen LogP contribution is -2.44. The van der Waals surface area contributed by atoms with Crippen molar-refractivity contribution in [1.82, 2.24) is 0 Å². The number of aryl methyl sites for hydroxylation is 2. The van der Waals surface area contributed by atoms with E-state index < -0.39 is 21.7 Å². The summed E-state index contributed by atoms with van der Waals surface area (Å²) in [5.74, 6) is 1.30. The van der Waals surface area contributed by atoms with Gasteiger partial charge in [-0.2, -0.15) is 0 Å². The highest BCUT2D eigenvalue weighted by Gasteiger charge is 2.36. The maximum atomic E-state index is 13.0. The first-order valence-electron chi connectivity index (χ1n) is 9.91. The van der Waals surface area contributed by atoms with Crippen LogP contribution in [0, 0.1) is 19.3 Å². The van der Waals surface area contributed by atoms with Gasteiger partial charge in [-0.25, -0.2) is 8.42 Å². The molecule has 164 valence electrons. The smallest absolute Gasteiger partial charge is 0.261 e. The Morgan fingerprint density at radius 2 is 1.87 bits per heavy atom. The first-order chi connectivity index (χ1) is 14.0. The van der Waals surface area contributed by atoms with E-state index >= 15 is 0 Å². The molecule has 1 atom stereocenters. The molecule has 3 rings (SSSR count). The van der Waals surface area contributed by atoms with E-state index in [4.69, 9.17) is 9.47 Å². The van der Waals surface area contributed by atoms with Crippen LogP contribution in [0.1, 0.15) is 31.9 Å². The zero-order valence-electron chi connectivity index (χ0n) is 18.3. The fourth-order valence-electron chi connectivity index (χ4n) is 3.62. The Hall–Kier alpha value is -2.45. The van der Waals surface area contributed by atoms with Crippen molar-refractivity contribution in [2.24, 2.45) is 5.41 Å². The van der Waals surface area contributed by atoms with Gasteiger partial charge in [-0.1, -0.05) is 13.8 Å². The molecule has 2 aromatic carbocycles. The summed E-state index contributed by atoms with van der Waals surface area (Å²) in [6.07, 6.45) is -0.776. The van der Waals surface area contributed by atoms with Gasteiger partial charge < -0.3 is 19.5 Å². The minimum absolute atomic E-state index is 0.168. The van der Waals surface area contributed by atoms with Crippen LogP contribution < -0.4 is 19.1 Å². The van der Waals surface area contributed by atoms with Crippen molar-refractivity contribution in [3.8, 4) is 11.5 Å². The number of sulfonamides is 1. The highest BCUT2D eigenvalue weighted by atomic mass is 32.2. The van der Waals surface area contributed by atoms with E-state index in [0.717, 1.165) is 11.1 Å². The molecule has 1 heterocycles. The molecule has 2 N–H and O–H groups in total. The van der Waals surface area contributed by atoms with Gasteiger partial charge in [0, 0.05) is 12.5 Å². The molecule has 30 heavy (non-hydrogen) atoms. The number of nitrogens with one attached hydrogen (secondary N) is 1. The van der Waals surface area contributed by atoms with Crippen molar-refractivity contribution in [3.05, 3.63) is 41.5 Å².